The number of fused-ring (bicyclic) bond motifs is 1. The lowest BCUT2D eigenvalue weighted by Crippen LogP contribution is -2.66. The van der Waals surface area contributed by atoms with Crippen molar-refractivity contribution < 1.29 is 14.3 Å². The number of amides is 1. The van der Waals surface area contributed by atoms with E-state index in [0.29, 0.717) is 42.9 Å². The van der Waals surface area contributed by atoms with Gasteiger partial charge in [-0.3, -0.25) is 9.59 Å². The fourth-order valence-electron chi connectivity index (χ4n) is 8.99. The highest BCUT2D eigenvalue weighted by atomic mass is 16.6. The first-order chi connectivity index (χ1) is 15.2. The lowest BCUT2D eigenvalue weighted by atomic mass is 9.46. The highest BCUT2D eigenvalue weighted by Gasteiger charge is 2.66. The number of likely N-dealkylation sites (tertiary alicyclic amines) is 1. The summed E-state index contributed by atoms with van der Waals surface area (Å²) in [6.45, 7) is 2.17. The van der Waals surface area contributed by atoms with Crippen LogP contribution in [-0.2, 0) is 14.3 Å². The van der Waals surface area contributed by atoms with Gasteiger partial charge in [0.2, 0.25) is 5.91 Å². The number of hydrogen-bond donors (Lipinski definition) is 2. The second-order valence-electron chi connectivity index (χ2n) is 12.4. The van der Waals surface area contributed by atoms with Crippen molar-refractivity contribution in [2.45, 2.75) is 107 Å². The van der Waals surface area contributed by atoms with E-state index in [2.05, 4.69) is 13.0 Å². The van der Waals surface area contributed by atoms with Crippen LogP contribution in [0.4, 0.5) is 0 Å². The molecule has 4 bridgehead atoms. The van der Waals surface area contributed by atoms with Gasteiger partial charge in [0.15, 0.2) is 0 Å². The molecule has 0 aromatic rings. The third-order valence-electron chi connectivity index (χ3n) is 10.3. The fraction of sp³-hybridized carbons (Fsp3) is 0.880. The van der Waals surface area contributed by atoms with Crippen LogP contribution in [0.15, 0.2) is 0 Å². The van der Waals surface area contributed by atoms with Gasteiger partial charge < -0.3 is 21.1 Å². The Labute approximate surface area is 190 Å². The van der Waals surface area contributed by atoms with Crippen molar-refractivity contribution in [1.29, 1.82) is 5.26 Å². The summed E-state index contributed by atoms with van der Waals surface area (Å²) in [6.07, 6.45) is 9.54. The lowest BCUT2D eigenvalue weighted by Gasteiger charge is -2.62. The normalized spacial score (nSPS) is 48.2. The van der Waals surface area contributed by atoms with Crippen LogP contribution in [0.3, 0.4) is 0 Å². The Morgan fingerprint density at radius 2 is 1.78 bits per heavy atom. The van der Waals surface area contributed by atoms with Crippen molar-refractivity contribution in [3.05, 3.63) is 0 Å². The largest absolute Gasteiger partial charge is 0.458 e. The molecule has 6 saturated carbocycles. The van der Waals surface area contributed by atoms with Gasteiger partial charge in [-0.15, -0.1) is 0 Å². The van der Waals surface area contributed by atoms with Crippen LogP contribution in [0.25, 0.3) is 0 Å². The first-order valence-corrected chi connectivity index (χ1v) is 12.7. The van der Waals surface area contributed by atoms with Crippen LogP contribution in [0.2, 0.25) is 0 Å². The van der Waals surface area contributed by atoms with Gasteiger partial charge >= 0.3 is 5.97 Å². The number of carbonyl (C=O) groups excluding carboxylic acids is 2. The summed E-state index contributed by atoms with van der Waals surface area (Å²) >= 11 is 0. The average molecular weight is 441 g/mol. The molecular formula is C25H36N4O3. The van der Waals surface area contributed by atoms with Crippen LogP contribution in [0.1, 0.15) is 77.6 Å². The van der Waals surface area contributed by atoms with Gasteiger partial charge in [0.1, 0.15) is 17.2 Å². The molecule has 1 amide bonds. The Balaban J connectivity index is 1.25. The topological polar surface area (TPSA) is 122 Å². The van der Waals surface area contributed by atoms with E-state index in [-0.39, 0.29) is 29.4 Å². The summed E-state index contributed by atoms with van der Waals surface area (Å²) < 4.78 is 6.31. The van der Waals surface area contributed by atoms with Gasteiger partial charge in [-0.25, -0.2) is 0 Å². The molecule has 7 heteroatoms. The summed E-state index contributed by atoms with van der Waals surface area (Å²) in [4.78, 5) is 28.7. The van der Waals surface area contributed by atoms with Crippen molar-refractivity contribution in [1.82, 2.24) is 4.90 Å². The van der Waals surface area contributed by atoms with E-state index in [1.165, 1.54) is 0 Å². The van der Waals surface area contributed by atoms with E-state index < -0.39 is 17.2 Å². The lowest BCUT2D eigenvalue weighted by molar-refractivity contribution is -0.210. The number of nitriles is 1. The van der Waals surface area contributed by atoms with E-state index in [4.69, 9.17) is 16.2 Å². The number of carbonyl (C=O) groups is 2. The average Bonchev–Trinajstić information content (AvgIpc) is 3.10. The molecule has 4 N–H and O–H groups in total. The van der Waals surface area contributed by atoms with Gasteiger partial charge in [0.25, 0.3) is 0 Å². The second-order valence-corrected chi connectivity index (χ2v) is 12.4. The van der Waals surface area contributed by atoms with Crippen LogP contribution in [-0.4, -0.2) is 46.0 Å². The molecule has 7 atom stereocenters. The van der Waals surface area contributed by atoms with E-state index in [0.717, 1.165) is 51.4 Å². The zero-order valence-corrected chi connectivity index (χ0v) is 19.1. The molecule has 32 heavy (non-hydrogen) atoms. The van der Waals surface area contributed by atoms with Gasteiger partial charge in [-0.1, -0.05) is 19.8 Å². The van der Waals surface area contributed by atoms with Crippen molar-refractivity contribution in [2.75, 3.05) is 0 Å². The summed E-state index contributed by atoms with van der Waals surface area (Å²) in [5.74, 6) is 1.50. The summed E-state index contributed by atoms with van der Waals surface area (Å²) in [7, 11) is 0. The Morgan fingerprint density at radius 3 is 2.41 bits per heavy atom. The summed E-state index contributed by atoms with van der Waals surface area (Å²) in [6, 6.07) is 1.54. The molecule has 7 fully saturated rings. The van der Waals surface area contributed by atoms with Crippen molar-refractivity contribution in [3.8, 4) is 6.07 Å². The van der Waals surface area contributed by atoms with Gasteiger partial charge in [0, 0.05) is 6.04 Å². The maximum Gasteiger partial charge on any atom is 0.326 e. The molecule has 7 aliphatic rings. The maximum absolute atomic E-state index is 13.7. The molecular weight excluding hydrogens is 404 g/mol. The maximum atomic E-state index is 13.7. The summed E-state index contributed by atoms with van der Waals surface area (Å²) in [5.41, 5.74) is 11.5. The first kappa shape index (κ1) is 20.9. The van der Waals surface area contributed by atoms with Crippen LogP contribution >= 0.6 is 0 Å². The number of esters is 1. The van der Waals surface area contributed by atoms with E-state index in [1.807, 2.05) is 4.90 Å². The first-order valence-electron chi connectivity index (χ1n) is 12.7. The molecule has 0 aromatic heterocycles. The molecule has 7 unspecified atom stereocenters. The Kier molecular flexibility index (Phi) is 4.38. The van der Waals surface area contributed by atoms with Crippen molar-refractivity contribution in [3.63, 3.8) is 0 Å². The van der Waals surface area contributed by atoms with E-state index >= 15 is 0 Å². The number of hydrogen-bond acceptors (Lipinski definition) is 6. The number of nitrogens with two attached hydrogens (primary N) is 2. The summed E-state index contributed by atoms with van der Waals surface area (Å²) in [5, 5.41) is 9.64. The van der Waals surface area contributed by atoms with Crippen LogP contribution in [0, 0.1) is 40.4 Å². The Morgan fingerprint density at radius 1 is 1.12 bits per heavy atom. The number of ether oxygens (including phenoxy) is 1. The Bertz CT molecular complexity index is 876. The van der Waals surface area contributed by atoms with Gasteiger partial charge in [0.05, 0.1) is 12.1 Å². The number of rotatable bonds is 4. The second kappa shape index (κ2) is 6.70. The zero-order chi connectivity index (χ0) is 22.5. The molecule has 0 radical (unpaired) electrons. The predicted octanol–water partition coefficient (Wildman–Crippen LogP) is 2.23. The van der Waals surface area contributed by atoms with Crippen LogP contribution < -0.4 is 11.5 Å². The molecule has 1 aliphatic heterocycles. The Hall–Kier alpha value is -1.65. The van der Waals surface area contributed by atoms with E-state index in [9.17, 15) is 14.9 Å². The highest BCUT2D eigenvalue weighted by Crippen LogP contribution is 2.64. The smallest absolute Gasteiger partial charge is 0.326 e. The molecule has 0 aromatic carbocycles. The minimum Gasteiger partial charge on any atom is -0.458 e. The van der Waals surface area contributed by atoms with Crippen LogP contribution in [0.5, 0.6) is 0 Å². The minimum absolute atomic E-state index is 0.0529. The quantitative estimate of drug-likeness (QED) is 0.646. The minimum atomic E-state index is -0.846. The standard InChI is InChI=1S/C25H36N4O3/c1-14-18-7-17(12-26)29(19(14)18)21(30)20(27)23-8-15-6-16(9-23)11-24(10-15,13-23)32-22(31)25(28)4-2-3-5-25/h14-20H,2-11,13,27-28H2,1H3. The molecule has 1 saturated heterocycles. The SMILES string of the molecule is CC1C2CC(C#N)N(C(=O)C(N)C34CC5CC(CC(OC(=O)C6(N)CCCC6)(C5)C3)C4)C12. The predicted molar refractivity (Wildman–Crippen MR) is 117 cm³/mol. The highest BCUT2D eigenvalue weighted by molar-refractivity contribution is 5.85. The monoisotopic (exact) mass is 440 g/mol. The fourth-order valence-corrected chi connectivity index (χ4v) is 8.99. The molecule has 7 nitrogen and oxygen atoms in total. The van der Waals surface area contributed by atoms with E-state index in [1.54, 1.807) is 0 Å². The molecule has 7 rings (SSSR count). The molecule has 6 aliphatic carbocycles. The zero-order valence-electron chi connectivity index (χ0n) is 19.1. The number of nitrogens with zero attached hydrogens (tertiary/aromatic N) is 2. The van der Waals surface area contributed by atoms with Crippen molar-refractivity contribution >= 4 is 11.9 Å². The molecule has 174 valence electrons. The third kappa shape index (κ3) is 2.84. The van der Waals surface area contributed by atoms with Gasteiger partial charge in [-0.05, 0) is 86.9 Å². The number of piperidine rings is 1. The molecule has 0 spiro atoms. The molecule has 1 heterocycles. The third-order valence-corrected chi connectivity index (χ3v) is 10.3. The van der Waals surface area contributed by atoms with Gasteiger partial charge in [-0.2, -0.15) is 5.26 Å². The van der Waals surface area contributed by atoms with Crippen molar-refractivity contribution in [2.24, 2.45) is 40.6 Å².